The number of nitrogens with one attached hydrogen (secondary N) is 7. The predicted octanol–water partition coefficient (Wildman–Crippen LogP) is 5.71. The Bertz CT molecular complexity index is 4210. The molecule has 15 N–H and O–H groups in total. The van der Waals surface area contributed by atoms with Crippen LogP contribution >= 0.6 is 0 Å². The van der Waals surface area contributed by atoms with E-state index in [0.717, 1.165) is 60.7 Å². The molecule has 1 saturated heterocycles. The first-order valence-electron chi connectivity index (χ1n) is 47.0. The fraction of sp³-hybridized carbons (Fsp3) is 0.681. The molecule has 11 atom stereocenters. The van der Waals surface area contributed by atoms with Crippen LogP contribution in [-0.2, 0) is 30.8 Å². The molecule has 2 aliphatic heterocycles. The summed E-state index contributed by atoms with van der Waals surface area (Å²) in [4.78, 5) is 41.8. The van der Waals surface area contributed by atoms with Gasteiger partial charge in [0.2, 0.25) is 33.5 Å². The average molecular weight is 1930 g/mol. The number of hydrogen-bond acceptors (Lipinski definition) is 38. The number of methoxy groups -OCH3 is 1. The molecule has 4 aliphatic carbocycles. The third-order valence-corrected chi connectivity index (χ3v) is 21.6. The van der Waals surface area contributed by atoms with Gasteiger partial charge >= 0.3 is 0 Å². The molecule has 11 unspecified atom stereocenters. The molecule has 4 fully saturated rings. The van der Waals surface area contributed by atoms with Crippen molar-refractivity contribution in [3.8, 4) is 46.6 Å². The van der Waals surface area contributed by atoms with E-state index < -0.39 is 63.9 Å². The van der Waals surface area contributed by atoms with Crippen molar-refractivity contribution in [3.05, 3.63) is 137 Å². The molecule has 0 spiro atoms. The maximum absolute atomic E-state index is 11.8. The molecule has 2 bridgehead atoms. The number of nitrogens with zero attached hydrogens (tertiary/aromatic N) is 10. The van der Waals surface area contributed by atoms with Crippen molar-refractivity contribution < 1.29 is 107 Å². The lowest BCUT2D eigenvalue weighted by molar-refractivity contribution is -0.769. The lowest BCUT2D eigenvalue weighted by Gasteiger charge is -2.53. The highest BCUT2D eigenvalue weighted by molar-refractivity contribution is 7.88. The number of fused-ring (bicyclic) bond motifs is 3. The van der Waals surface area contributed by atoms with E-state index in [0.29, 0.717) is 173 Å². The minimum Gasteiger partial charge on any atom is -0.491 e. The van der Waals surface area contributed by atoms with Crippen LogP contribution in [0, 0.1) is 53.6 Å². The van der Waals surface area contributed by atoms with E-state index in [-0.39, 0.29) is 70.9 Å². The minimum absolute atomic E-state index is 0.104. The van der Waals surface area contributed by atoms with Gasteiger partial charge in [0.15, 0.2) is 5.82 Å². The van der Waals surface area contributed by atoms with Gasteiger partial charge in [-0.1, -0.05) is 113 Å². The van der Waals surface area contributed by atoms with E-state index >= 15 is 0 Å². The Hall–Kier alpha value is -8.99. The van der Waals surface area contributed by atoms with E-state index in [9.17, 15) is 54.3 Å². The topological polar surface area (TPSA) is 531 Å². The number of aliphatic hydroxyl groups excluding tert-OH is 8. The third-order valence-electron chi connectivity index (χ3n) is 21.0. The van der Waals surface area contributed by atoms with Gasteiger partial charge in [-0.3, -0.25) is 14.7 Å². The predicted molar refractivity (Wildman–Crippen MR) is 513 cm³/mol. The summed E-state index contributed by atoms with van der Waals surface area (Å²) in [7, 11) is -1.73. The molecule has 12 rings (SSSR count). The average Bonchev–Trinajstić information content (AvgIpc) is 0.746. The van der Waals surface area contributed by atoms with Crippen LogP contribution in [-0.4, -0.2) is 325 Å². The van der Waals surface area contributed by atoms with Crippen molar-refractivity contribution in [2.24, 2.45) is 29.6 Å². The van der Waals surface area contributed by atoms with Gasteiger partial charge in [0.1, 0.15) is 106 Å². The number of hydrogen-bond donors (Lipinski definition) is 15. The summed E-state index contributed by atoms with van der Waals surface area (Å²) in [5, 5.41) is 113. The number of ether oxygens (including phenoxy) is 10. The second-order valence-corrected chi connectivity index (χ2v) is 37.4. The first kappa shape index (κ1) is 117. The smallest absolute Gasteiger partial charge is 0.294 e. The minimum atomic E-state index is -3.25. The van der Waals surface area contributed by atoms with Gasteiger partial charge < -0.3 is 130 Å². The van der Waals surface area contributed by atoms with Crippen molar-refractivity contribution in [2.45, 2.75) is 240 Å². The molecule has 3 saturated carbocycles. The quantitative estimate of drug-likeness (QED) is 0.0123. The normalized spacial score (nSPS) is 18.6. The molecular weight excluding hydrogens is 1770 g/mol. The molecule has 6 aromatic rings. The van der Waals surface area contributed by atoms with Crippen molar-refractivity contribution in [3.63, 3.8) is 0 Å². The molecule has 135 heavy (non-hydrogen) atoms. The highest BCUT2D eigenvalue weighted by Gasteiger charge is 2.51. The van der Waals surface area contributed by atoms with Crippen LogP contribution in [0.1, 0.15) is 151 Å². The summed E-state index contributed by atoms with van der Waals surface area (Å²) >= 11 is 0. The molecule has 6 heterocycles. The SMILES string of the molecule is CC(C)CCC(O)COC1CC=C(NS(C)(=O)=O)C2C3CCC(CC3)C12.CC(C)NCC(O)COc1cccc2c1CC(O[N+](=O)[O-])CO2.CC(C)NCC(O)COc1nccnc1N1CCOCC1.COc1ccc(OCC(O)CNC(C)C)nn1.Cc1cncc(OCC(O)CNC(C)C)n1.Cc1cncc(OCC(O)CNC(C)C)n1.OCCCNCC(O)COc1ccccc1. The first-order chi connectivity index (χ1) is 64.4. The Morgan fingerprint density at radius 1 is 0.563 bits per heavy atom. The van der Waals surface area contributed by atoms with Crippen LogP contribution < -0.4 is 79.4 Å². The summed E-state index contributed by atoms with van der Waals surface area (Å²) in [5.41, 5.74) is 3.21. The van der Waals surface area contributed by atoms with Crippen molar-refractivity contribution in [1.29, 1.82) is 0 Å². The second kappa shape index (κ2) is 65.7. The fourth-order valence-corrected chi connectivity index (χ4v) is 14.9. The van der Waals surface area contributed by atoms with Crippen LogP contribution in [0.2, 0.25) is 0 Å². The number of morpholine rings is 1. The van der Waals surface area contributed by atoms with E-state index in [1.807, 2.05) is 119 Å². The third kappa shape index (κ3) is 51.3. The van der Waals surface area contributed by atoms with Crippen molar-refractivity contribution in [2.75, 3.05) is 150 Å². The highest BCUT2D eigenvalue weighted by atomic mass is 32.2. The standard InChI is InChI=1S/C20H35NO4S.C15H22N2O6.C14H24N4O3.C12H19NO3.C11H19N3O3.2C11H19N3O2/c1-13(2)4-9-16(22)12-25-18-11-10-17(21-26(3,23)24)19-14-5-7-15(8-6-14)20(18)19;1-10(2)16-7-11(18)8-21-14-4-3-5-15-13(14)6-12(9-22-15)23-17(19)20;1-11(2)17-9-12(19)10-21-14-13(15-3-4-16-14)18-5-7-20-8-6-18;14-8-4-7-13-9-11(15)10-16-12-5-2-1-3-6-12;1-8(2)12-6-9(15)7-17-11-5-4-10(16-3)13-14-11;2*1-8(2)13-5-10(15)7-16-11-6-12-4-9(3)14-11/h10,13-16,18-22H,4-9,11-12H2,1-3H3;3-5,10-12,16,18H,6-9H2,1-2H3;3-4,11-12,17,19H,5-10H2,1-2H3;1-3,5-6,11,13-15H,4,7-10H2;4-5,8-9,12,15H,6-7H2,1-3H3;2*4,6,8,10,13,15H,5,7H2,1-3H3. The number of allylic oxidation sites excluding steroid dienone is 1. The molecule has 2 aromatic carbocycles. The zero-order chi connectivity index (χ0) is 99.0. The molecule has 4 aromatic heterocycles. The van der Waals surface area contributed by atoms with Gasteiger partial charge in [-0.25, -0.2) is 28.4 Å². The summed E-state index contributed by atoms with van der Waals surface area (Å²) in [6.07, 6.45) is 16.9. The Balaban J connectivity index is 0.000000281. The lowest BCUT2D eigenvalue weighted by Crippen LogP contribution is -2.51. The van der Waals surface area contributed by atoms with Gasteiger partial charge in [-0.15, -0.1) is 20.3 Å². The zero-order valence-corrected chi connectivity index (χ0v) is 82.7. The summed E-state index contributed by atoms with van der Waals surface area (Å²) in [6, 6.07) is 19.7. The second-order valence-electron chi connectivity index (χ2n) is 35.6. The van der Waals surface area contributed by atoms with E-state index in [1.54, 1.807) is 55.1 Å². The van der Waals surface area contributed by atoms with Gasteiger partial charge in [-0.05, 0) is 120 Å². The molecular formula is C94H157N17O23S. The number of sulfonamides is 1. The Kier molecular flexibility index (Phi) is 56.7. The number of aryl methyl sites for hydroxylation is 2. The Morgan fingerprint density at radius 3 is 1.56 bits per heavy atom. The molecule has 41 heteroatoms. The first-order valence-corrected chi connectivity index (χ1v) is 48.9. The Morgan fingerprint density at radius 2 is 1.06 bits per heavy atom. The number of anilines is 1. The van der Waals surface area contributed by atoms with Crippen molar-refractivity contribution >= 4 is 15.8 Å². The van der Waals surface area contributed by atoms with Gasteiger partial charge in [0.25, 0.3) is 11.0 Å². The number of benzene rings is 2. The van der Waals surface area contributed by atoms with Gasteiger partial charge in [-0.2, -0.15) is 0 Å². The van der Waals surface area contributed by atoms with Gasteiger partial charge in [0.05, 0.1) is 69.2 Å². The number of aliphatic hydroxyl groups is 8. The van der Waals surface area contributed by atoms with Crippen molar-refractivity contribution in [1.82, 2.24) is 76.7 Å². The summed E-state index contributed by atoms with van der Waals surface area (Å²) in [6.45, 7) is 36.6. The maximum Gasteiger partial charge on any atom is 0.294 e. The zero-order valence-electron chi connectivity index (χ0n) is 81.9. The molecule has 762 valence electrons. The monoisotopic (exact) mass is 1920 g/mol. The fourth-order valence-electron chi connectivity index (χ4n) is 14.3. The van der Waals surface area contributed by atoms with Gasteiger partial charge in [0, 0.05) is 150 Å². The summed E-state index contributed by atoms with van der Waals surface area (Å²) < 4.78 is 80.8. The van der Waals surface area contributed by atoms with Crippen LogP contribution in [0.5, 0.6) is 46.6 Å². The van der Waals surface area contributed by atoms with E-state index in [4.69, 9.17) is 52.5 Å². The number of para-hydroxylation sites is 1. The Labute approximate surface area is 797 Å². The van der Waals surface area contributed by atoms with E-state index in [2.05, 4.69) is 100 Å². The van der Waals surface area contributed by atoms with Crippen LogP contribution in [0.4, 0.5) is 5.82 Å². The lowest BCUT2D eigenvalue weighted by atomic mass is 9.54. The number of rotatable bonds is 50. The van der Waals surface area contributed by atoms with E-state index in [1.165, 1.54) is 51.4 Å². The van der Waals surface area contributed by atoms with Crippen LogP contribution in [0.25, 0.3) is 0 Å². The van der Waals surface area contributed by atoms with Crippen LogP contribution in [0.15, 0.2) is 110 Å². The highest BCUT2D eigenvalue weighted by Crippen LogP contribution is 2.55. The molecule has 6 aliphatic rings. The molecule has 0 amide bonds. The molecule has 40 nitrogen and oxygen atoms in total. The largest absolute Gasteiger partial charge is 0.491 e. The summed E-state index contributed by atoms with van der Waals surface area (Å²) in [5.74, 6) is 7.22. The number of aromatic nitrogens is 8. The maximum atomic E-state index is 11.8. The molecule has 0 radical (unpaired) electrons. The van der Waals surface area contributed by atoms with Crippen LogP contribution in [0.3, 0.4) is 0 Å².